The third-order valence-electron chi connectivity index (χ3n) is 3.25. The van der Waals surface area contributed by atoms with E-state index in [9.17, 15) is 9.59 Å². The first-order valence-corrected chi connectivity index (χ1v) is 7.26. The van der Waals surface area contributed by atoms with Gasteiger partial charge in [-0.15, -0.1) is 0 Å². The zero-order chi connectivity index (χ0) is 14.8. The molecule has 3 N–H and O–H groups in total. The first-order valence-electron chi connectivity index (χ1n) is 7.26. The number of rotatable bonds is 7. The normalized spacial score (nSPS) is 16.2. The fraction of sp³-hybridized carbons (Fsp3) is 0.846. The third kappa shape index (κ3) is 5.85. The second-order valence-corrected chi connectivity index (χ2v) is 4.73. The fourth-order valence-corrected chi connectivity index (χ4v) is 2.10. The van der Waals surface area contributed by atoms with E-state index in [2.05, 4.69) is 10.2 Å². The van der Waals surface area contributed by atoms with Crippen LogP contribution in [0.5, 0.6) is 0 Å². The fourth-order valence-electron chi connectivity index (χ4n) is 2.10. The van der Waals surface area contributed by atoms with E-state index in [1.54, 1.807) is 4.90 Å². The number of carbonyl (C=O) groups excluding carboxylic acids is 2. The van der Waals surface area contributed by atoms with Crippen LogP contribution in [0.25, 0.3) is 0 Å². The van der Waals surface area contributed by atoms with Crippen molar-refractivity contribution in [3.05, 3.63) is 0 Å². The molecule has 1 aliphatic heterocycles. The van der Waals surface area contributed by atoms with Crippen molar-refractivity contribution in [2.75, 3.05) is 59.0 Å². The van der Waals surface area contributed by atoms with Crippen molar-refractivity contribution in [1.29, 1.82) is 0 Å². The van der Waals surface area contributed by atoms with Crippen molar-refractivity contribution in [2.24, 2.45) is 5.73 Å². The third-order valence-corrected chi connectivity index (χ3v) is 3.25. The van der Waals surface area contributed by atoms with Crippen molar-refractivity contribution in [1.82, 2.24) is 15.1 Å². The van der Waals surface area contributed by atoms with Crippen LogP contribution in [0.15, 0.2) is 0 Å². The molecule has 0 aromatic rings. The van der Waals surface area contributed by atoms with Gasteiger partial charge in [0, 0.05) is 59.0 Å². The lowest BCUT2D eigenvalue weighted by Crippen LogP contribution is -2.53. The molecule has 0 radical (unpaired) electrons. The van der Waals surface area contributed by atoms with Gasteiger partial charge in [0.05, 0.1) is 0 Å². The van der Waals surface area contributed by atoms with Crippen LogP contribution < -0.4 is 11.1 Å². The summed E-state index contributed by atoms with van der Waals surface area (Å²) in [6, 6.07) is 0. The molecule has 7 heteroatoms. The Morgan fingerprint density at radius 1 is 1.25 bits per heavy atom. The topological polar surface area (TPSA) is 87.9 Å². The monoisotopic (exact) mass is 286 g/mol. The van der Waals surface area contributed by atoms with Crippen molar-refractivity contribution < 1.29 is 14.3 Å². The molecule has 1 heterocycles. The van der Waals surface area contributed by atoms with Crippen molar-refractivity contribution in [3.8, 4) is 0 Å². The molecular weight excluding hydrogens is 260 g/mol. The molecule has 0 aliphatic carbocycles. The van der Waals surface area contributed by atoms with E-state index in [0.717, 1.165) is 26.1 Å². The Morgan fingerprint density at radius 3 is 2.55 bits per heavy atom. The van der Waals surface area contributed by atoms with Gasteiger partial charge in [-0.2, -0.15) is 0 Å². The molecule has 116 valence electrons. The van der Waals surface area contributed by atoms with Gasteiger partial charge < -0.3 is 20.7 Å². The molecule has 1 aliphatic rings. The van der Waals surface area contributed by atoms with Gasteiger partial charge in [0.2, 0.25) is 0 Å². The van der Waals surface area contributed by atoms with E-state index in [-0.39, 0.29) is 0 Å². The maximum atomic E-state index is 11.9. The summed E-state index contributed by atoms with van der Waals surface area (Å²) in [5.74, 6) is -0.956. The zero-order valence-electron chi connectivity index (χ0n) is 12.3. The average molecular weight is 286 g/mol. The molecule has 0 saturated carbocycles. The van der Waals surface area contributed by atoms with Gasteiger partial charge in [-0.1, -0.05) is 0 Å². The van der Waals surface area contributed by atoms with Crippen LogP contribution in [0.4, 0.5) is 0 Å². The molecule has 0 unspecified atom stereocenters. The van der Waals surface area contributed by atoms with Crippen LogP contribution in [-0.4, -0.2) is 80.6 Å². The van der Waals surface area contributed by atoms with E-state index < -0.39 is 11.8 Å². The number of piperazine rings is 1. The van der Waals surface area contributed by atoms with Gasteiger partial charge in [0.15, 0.2) is 0 Å². The van der Waals surface area contributed by atoms with Crippen molar-refractivity contribution >= 4 is 11.8 Å². The number of ether oxygens (including phenoxy) is 1. The molecule has 1 fully saturated rings. The number of carbonyl (C=O) groups is 2. The number of amides is 2. The Hall–Kier alpha value is -1.18. The SMILES string of the molecule is CCOCCCNC(=O)C(=O)N1CCN(CCN)CC1. The summed E-state index contributed by atoms with van der Waals surface area (Å²) in [5, 5.41) is 2.63. The summed E-state index contributed by atoms with van der Waals surface area (Å²) in [6.07, 6.45) is 0.719. The van der Waals surface area contributed by atoms with Gasteiger partial charge in [-0.3, -0.25) is 14.5 Å². The molecular formula is C13H26N4O3. The van der Waals surface area contributed by atoms with Gasteiger partial charge in [0.25, 0.3) is 0 Å². The quantitative estimate of drug-likeness (QED) is 0.445. The molecule has 2 amide bonds. The van der Waals surface area contributed by atoms with Gasteiger partial charge >= 0.3 is 11.8 Å². The summed E-state index contributed by atoms with van der Waals surface area (Å²) in [6.45, 7) is 7.85. The lowest BCUT2D eigenvalue weighted by atomic mass is 10.3. The Balaban J connectivity index is 2.19. The first-order chi connectivity index (χ1) is 9.69. The molecule has 1 rings (SSSR count). The Kier molecular flexibility index (Phi) is 8.17. The highest BCUT2D eigenvalue weighted by Crippen LogP contribution is 2.01. The smallest absolute Gasteiger partial charge is 0.311 e. The highest BCUT2D eigenvalue weighted by atomic mass is 16.5. The molecule has 1 saturated heterocycles. The van der Waals surface area contributed by atoms with Gasteiger partial charge in [-0.25, -0.2) is 0 Å². The highest BCUT2D eigenvalue weighted by molar-refractivity contribution is 6.35. The summed E-state index contributed by atoms with van der Waals surface area (Å²) >= 11 is 0. The van der Waals surface area contributed by atoms with Crippen LogP contribution in [-0.2, 0) is 14.3 Å². The molecule has 0 aromatic heterocycles. The second kappa shape index (κ2) is 9.68. The predicted molar refractivity (Wildman–Crippen MR) is 76.2 cm³/mol. The van der Waals surface area contributed by atoms with E-state index in [4.69, 9.17) is 10.5 Å². The average Bonchev–Trinajstić information content (AvgIpc) is 2.47. The molecule has 0 atom stereocenters. The Bertz CT molecular complexity index is 304. The number of nitrogens with two attached hydrogens (primary N) is 1. The molecule has 0 aromatic carbocycles. The molecule has 7 nitrogen and oxygen atoms in total. The minimum absolute atomic E-state index is 0.436. The van der Waals surface area contributed by atoms with Crippen LogP contribution in [0.1, 0.15) is 13.3 Å². The lowest BCUT2D eigenvalue weighted by Gasteiger charge is -2.34. The lowest BCUT2D eigenvalue weighted by molar-refractivity contribution is -0.147. The van der Waals surface area contributed by atoms with Crippen LogP contribution >= 0.6 is 0 Å². The number of hydrogen-bond donors (Lipinski definition) is 2. The highest BCUT2D eigenvalue weighted by Gasteiger charge is 2.25. The number of nitrogens with zero attached hydrogens (tertiary/aromatic N) is 2. The minimum Gasteiger partial charge on any atom is -0.382 e. The van der Waals surface area contributed by atoms with E-state index in [1.165, 1.54) is 0 Å². The van der Waals surface area contributed by atoms with Crippen LogP contribution in [0, 0.1) is 0 Å². The Labute approximate surface area is 120 Å². The number of nitrogens with one attached hydrogen (secondary N) is 1. The van der Waals surface area contributed by atoms with Gasteiger partial charge in [-0.05, 0) is 13.3 Å². The molecule has 0 spiro atoms. The summed E-state index contributed by atoms with van der Waals surface area (Å²) in [5.41, 5.74) is 5.50. The zero-order valence-corrected chi connectivity index (χ0v) is 12.3. The van der Waals surface area contributed by atoms with Crippen LogP contribution in [0.3, 0.4) is 0 Å². The maximum absolute atomic E-state index is 11.9. The van der Waals surface area contributed by atoms with Gasteiger partial charge in [0.1, 0.15) is 0 Å². The summed E-state index contributed by atoms with van der Waals surface area (Å²) in [4.78, 5) is 27.4. The standard InChI is InChI=1S/C13H26N4O3/c1-2-20-11-3-5-15-12(18)13(19)17-9-7-16(6-4-14)8-10-17/h2-11,14H2,1H3,(H,15,18). The van der Waals surface area contributed by atoms with E-state index >= 15 is 0 Å². The molecule has 20 heavy (non-hydrogen) atoms. The maximum Gasteiger partial charge on any atom is 0.311 e. The van der Waals surface area contributed by atoms with Crippen LogP contribution in [0.2, 0.25) is 0 Å². The second-order valence-electron chi connectivity index (χ2n) is 4.73. The largest absolute Gasteiger partial charge is 0.382 e. The van der Waals surface area contributed by atoms with Crippen molar-refractivity contribution in [2.45, 2.75) is 13.3 Å². The predicted octanol–water partition coefficient (Wildman–Crippen LogP) is -1.37. The molecule has 0 bridgehead atoms. The first kappa shape index (κ1) is 16.9. The Morgan fingerprint density at radius 2 is 1.95 bits per heavy atom. The number of hydrogen-bond acceptors (Lipinski definition) is 5. The van der Waals surface area contributed by atoms with E-state index in [0.29, 0.717) is 39.4 Å². The summed E-state index contributed by atoms with van der Waals surface area (Å²) < 4.78 is 5.16. The van der Waals surface area contributed by atoms with Crippen molar-refractivity contribution in [3.63, 3.8) is 0 Å². The van der Waals surface area contributed by atoms with E-state index in [1.807, 2.05) is 6.92 Å². The minimum atomic E-state index is -0.520. The summed E-state index contributed by atoms with van der Waals surface area (Å²) in [7, 11) is 0.